The van der Waals surface area contributed by atoms with E-state index in [-0.39, 0.29) is 0 Å². The van der Waals surface area contributed by atoms with Crippen molar-refractivity contribution in [3.63, 3.8) is 0 Å². The van der Waals surface area contributed by atoms with Crippen molar-refractivity contribution in [3.8, 4) is 0 Å². The molecule has 5 heteroatoms. The molecule has 0 spiro atoms. The van der Waals surface area contributed by atoms with Crippen LogP contribution in [0.5, 0.6) is 0 Å². The Bertz CT molecular complexity index is 767. The minimum Gasteiger partial charge on any atom is -0.444 e. The zero-order valence-electron chi connectivity index (χ0n) is 10.3. The molecule has 0 aliphatic carbocycles. The molecule has 0 aliphatic rings. The summed E-state index contributed by atoms with van der Waals surface area (Å²) < 4.78 is 5.51. The topological polar surface area (TPSA) is 25.2 Å². The second kappa shape index (κ2) is 5.57. The van der Waals surface area contributed by atoms with Gasteiger partial charge in [0, 0.05) is 17.5 Å². The molecule has 0 bridgehead atoms. The maximum Gasteiger partial charge on any atom is 0.199 e. The summed E-state index contributed by atoms with van der Waals surface area (Å²) in [7, 11) is 0. The highest BCUT2D eigenvalue weighted by atomic mass is 35.5. The fraction of sp³-hybridized carbons (Fsp3) is 0.0667. The van der Waals surface area contributed by atoms with Crippen molar-refractivity contribution in [2.24, 2.45) is 0 Å². The lowest BCUT2D eigenvalue weighted by Gasteiger charge is -2.08. The first-order chi connectivity index (χ1) is 9.66. The highest BCUT2D eigenvalue weighted by Gasteiger charge is 2.12. The van der Waals surface area contributed by atoms with Crippen LogP contribution in [0.2, 0.25) is 15.3 Å². The van der Waals surface area contributed by atoms with E-state index in [1.54, 1.807) is 6.07 Å². The third-order valence-electron chi connectivity index (χ3n) is 3.06. The van der Waals surface area contributed by atoms with E-state index >= 15 is 0 Å². The van der Waals surface area contributed by atoms with Crippen LogP contribution in [0.1, 0.15) is 5.56 Å². The molecule has 0 saturated heterocycles. The molecule has 1 N–H and O–H groups in total. The Hall–Kier alpha value is -1.35. The standard InChI is InChI=1S/C15H10Cl3NO/c16-11-5-3-6-12(14(11)17)19-8-10-9-4-1-2-7-13(9)20-15(10)18/h1-7,19H,8H2. The zero-order valence-corrected chi connectivity index (χ0v) is 12.6. The predicted molar refractivity (Wildman–Crippen MR) is 85.0 cm³/mol. The molecule has 102 valence electrons. The second-order valence-corrected chi connectivity index (χ2v) is 5.43. The summed E-state index contributed by atoms with van der Waals surface area (Å²) in [5.74, 6) is 0. The van der Waals surface area contributed by atoms with Gasteiger partial charge >= 0.3 is 0 Å². The van der Waals surface area contributed by atoms with E-state index in [1.165, 1.54) is 0 Å². The minimum absolute atomic E-state index is 0.386. The van der Waals surface area contributed by atoms with Crippen LogP contribution in [-0.4, -0.2) is 0 Å². The fourth-order valence-electron chi connectivity index (χ4n) is 2.06. The average Bonchev–Trinajstić information content (AvgIpc) is 2.76. The van der Waals surface area contributed by atoms with Gasteiger partial charge in [0.15, 0.2) is 5.22 Å². The smallest absolute Gasteiger partial charge is 0.199 e. The molecular weight excluding hydrogens is 317 g/mol. The van der Waals surface area contributed by atoms with Gasteiger partial charge in [-0.2, -0.15) is 0 Å². The van der Waals surface area contributed by atoms with Crippen LogP contribution in [0.25, 0.3) is 11.0 Å². The molecule has 0 saturated carbocycles. The van der Waals surface area contributed by atoms with Crippen molar-refractivity contribution in [1.29, 1.82) is 0 Å². The molecule has 3 rings (SSSR count). The van der Waals surface area contributed by atoms with Gasteiger partial charge in [-0.15, -0.1) is 0 Å². The molecule has 1 aromatic heterocycles. The van der Waals surface area contributed by atoms with Crippen LogP contribution in [0.15, 0.2) is 46.9 Å². The van der Waals surface area contributed by atoms with Crippen LogP contribution < -0.4 is 5.32 Å². The van der Waals surface area contributed by atoms with Gasteiger partial charge in [-0.05, 0) is 29.8 Å². The third kappa shape index (κ3) is 2.47. The number of hydrogen-bond donors (Lipinski definition) is 1. The van der Waals surface area contributed by atoms with Gasteiger partial charge in [-0.1, -0.05) is 47.5 Å². The summed E-state index contributed by atoms with van der Waals surface area (Å²) in [6, 6.07) is 13.2. The van der Waals surface area contributed by atoms with E-state index in [0.717, 1.165) is 22.2 Å². The molecule has 0 aliphatic heterocycles. The maximum atomic E-state index is 6.14. The molecular formula is C15H10Cl3NO. The normalized spacial score (nSPS) is 10.9. The lowest BCUT2D eigenvalue weighted by atomic mass is 10.2. The van der Waals surface area contributed by atoms with Crippen molar-refractivity contribution < 1.29 is 4.42 Å². The van der Waals surface area contributed by atoms with Gasteiger partial charge < -0.3 is 9.73 Å². The molecule has 20 heavy (non-hydrogen) atoms. The van der Waals surface area contributed by atoms with Gasteiger partial charge in [0.2, 0.25) is 0 Å². The van der Waals surface area contributed by atoms with E-state index in [1.807, 2.05) is 36.4 Å². The Morgan fingerprint density at radius 2 is 1.75 bits per heavy atom. The van der Waals surface area contributed by atoms with Gasteiger partial charge in [0.25, 0.3) is 0 Å². The third-order valence-corrected chi connectivity index (χ3v) is 4.18. The number of furan rings is 1. The monoisotopic (exact) mass is 325 g/mol. The molecule has 0 atom stereocenters. The van der Waals surface area contributed by atoms with Gasteiger partial charge in [-0.25, -0.2) is 0 Å². The van der Waals surface area contributed by atoms with Crippen LogP contribution in [0.3, 0.4) is 0 Å². The summed E-state index contributed by atoms with van der Waals surface area (Å²) in [5.41, 5.74) is 2.44. The quantitative estimate of drug-likeness (QED) is 0.638. The molecule has 2 aromatic carbocycles. The Morgan fingerprint density at radius 1 is 0.950 bits per heavy atom. The Labute approximate surface area is 131 Å². The van der Waals surface area contributed by atoms with Crippen molar-refractivity contribution in [1.82, 2.24) is 0 Å². The average molecular weight is 327 g/mol. The first kappa shape index (κ1) is 13.6. The number of halogens is 3. The molecule has 0 unspecified atom stereocenters. The van der Waals surface area contributed by atoms with Crippen LogP contribution in [0, 0.1) is 0 Å². The fourth-order valence-corrected chi connectivity index (χ4v) is 2.68. The number of para-hydroxylation sites is 1. The van der Waals surface area contributed by atoms with Crippen LogP contribution in [0.4, 0.5) is 5.69 Å². The molecule has 3 aromatic rings. The van der Waals surface area contributed by atoms with E-state index < -0.39 is 0 Å². The van der Waals surface area contributed by atoms with E-state index in [0.29, 0.717) is 21.8 Å². The zero-order chi connectivity index (χ0) is 14.1. The largest absolute Gasteiger partial charge is 0.444 e. The van der Waals surface area contributed by atoms with Gasteiger partial charge in [0.1, 0.15) is 5.58 Å². The van der Waals surface area contributed by atoms with E-state index in [2.05, 4.69) is 5.32 Å². The summed E-state index contributed by atoms with van der Waals surface area (Å²) in [5, 5.41) is 5.62. The van der Waals surface area contributed by atoms with Crippen molar-refractivity contribution in [2.75, 3.05) is 5.32 Å². The Morgan fingerprint density at radius 3 is 2.60 bits per heavy atom. The van der Waals surface area contributed by atoms with Gasteiger partial charge in [-0.3, -0.25) is 0 Å². The summed E-state index contributed by atoms with van der Waals surface area (Å²) in [6.45, 7) is 0.510. The molecule has 1 heterocycles. The molecule has 0 radical (unpaired) electrons. The number of hydrogen-bond acceptors (Lipinski definition) is 2. The Kier molecular flexibility index (Phi) is 3.79. The highest BCUT2D eigenvalue weighted by molar-refractivity contribution is 6.43. The number of benzene rings is 2. The molecule has 0 amide bonds. The lowest BCUT2D eigenvalue weighted by Crippen LogP contribution is -1.99. The van der Waals surface area contributed by atoms with E-state index in [4.69, 9.17) is 39.2 Å². The minimum atomic E-state index is 0.386. The lowest BCUT2D eigenvalue weighted by molar-refractivity contribution is 0.613. The molecule has 2 nitrogen and oxygen atoms in total. The first-order valence-corrected chi connectivity index (χ1v) is 7.14. The van der Waals surface area contributed by atoms with Crippen molar-refractivity contribution >= 4 is 51.5 Å². The van der Waals surface area contributed by atoms with Crippen molar-refractivity contribution in [3.05, 3.63) is 63.3 Å². The number of nitrogens with one attached hydrogen (secondary N) is 1. The second-order valence-electron chi connectivity index (χ2n) is 4.31. The number of rotatable bonds is 3. The maximum absolute atomic E-state index is 6.14. The predicted octanol–water partition coefficient (Wildman–Crippen LogP) is 6.01. The summed E-state index contributed by atoms with van der Waals surface area (Å²) >= 11 is 18.3. The molecule has 0 fully saturated rings. The van der Waals surface area contributed by atoms with Crippen LogP contribution in [-0.2, 0) is 6.54 Å². The van der Waals surface area contributed by atoms with Crippen LogP contribution >= 0.6 is 34.8 Å². The van der Waals surface area contributed by atoms with E-state index in [9.17, 15) is 0 Å². The first-order valence-electron chi connectivity index (χ1n) is 6.00. The number of fused-ring (bicyclic) bond motifs is 1. The Balaban J connectivity index is 1.90. The summed E-state index contributed by atoms with van der Waals surface area (Å²) in [4.78, 5) is 0. The van der Waals surface area contributed by atoms with Crippen molar-refractivity contribution in [2.45, 2.75) is 6.54 Å². The summed E-state index contributed by atoms with van der Waals surface area (Å²) in [6.07, 6.45) is 0. The highest BCUT2D eigenvalue weighted by Crippen LogP contribution is 2.33. The SMILES string of the molecule is Clc1cccc(NCc2c(Cl)oc3ccccc23)c1Cl. The number of anilines is 1. The van der Waals surface area contributed by atoms with Gasteiger partial charge in [0.05, 0.1) is 15.7 Å².